The van der Waals surface area contributed by atoms with E-state index in [1.54, 1.807) is 4.57 Å². The fourth-order valence-electron chi connectivity index (χ4n) is 3.16. The van der Waals surface area contributed by atoms with Gasteiger partial charge in [-0.05, 0) is 31.9 Å². The molecule has 0 radical (unpaired) electrons. The number of azo groups is 1. The van der Waals surface area contributed by atoms with Crippen LogP contribution in [0.3, 0.4) is 0 Å². The molecule has 1 aromatic heterocycles. The summed E-state index contributed by atoms with van der Waals surface area (Å²) in [5.41, 5.74) is 2.12. The molecule has 0 aliphatic heterocycles. The molecule has 0 fully saturated rings. The molecule has 2 aromatic carbocycles. The van der Waals surface area contributed by atoms with Crippen LogP contribution in [0.1, 0.15) is 31.9 Å². The Morgan fingerprint density at radius 2 is 1.76 bits per heavy atom. The fourth-order valence-corrected chi connectivity index (χ4v) is 3.16. The van der Waals surface area contributed by atoms with E-state index in [1.165, 1.54) is 0 Å². The number of benzene rings is 2. The molecule has 3 rings (SSSR count). The van der Waals surface area contributed by atoms with E-state index in [2.05, 4.69) is 15.5 Å². The van der Waals surface area contributed by atoms with E-state index in [4.69, 9.17) is 0 Å². The van der Waals surface area contributed by atoms with Crippen LogP contribution in [0.4, 0.5) is 5.69 Å². The van der Waals surface area contributed by atoms with Crippen molar-refractivity contribution in [3.63, 3.8) is 0 Å². The maximum absolute atomic E-state index is 12.0. The first kappa shape index (κ1) is 20.3. The van der Waals surface area contributed by atoms with E-state index in [-0.39, 0.29) is 36.5 Å². The highest BCUT2D eigenvalue weighted by molar-refractivity contribution is 5.95. The van der Waals surface area contributed by atoms with Crippen molar-refractivity contribution in [1.82, 2.24) is 9.88 Å². The van der Waals surface area contributed by atoms with E-state index in [0.717, 1.165) is 11.1 Å². The number of carbonyl (C=O) groups excluding carboxylic acids is 2. The molecular weight excluding hydrogens is 368 g/mol. The molecule has 2 amide bonds. The first-order valence-corrected chi connectivity index (χ1v) is 9.54. The number of hydrogen-bond acceptors (Lipinski definition) is 4. The highest BCUT2D eigenvalue weighted by atomic mass is 16.3. The van der Waals surface area contributed by atoms with Crippen molar-refractivity contribution in [3.05, 3.63) is 60.2 Å². The van der Waals surface area contributed by atoms with Gasteiger partial charge in [-0.15, -0.1) is 10.2 Å². The molecule has 7 nitrogen and oxygen atoms in total. The van der Waals surface area contributed by atoms with Crippen LogP contribution in [0.5, 0.6) is 5.88 Å². The average Bonchev–Trinajstić information content (AvgIpc) is 3.01. The average molecular weight is 392 g/mol. The van der Waals surface area contributed by atoms with Crippen LogP contribution in [0.2, 0.25) is 0 Å². The van der Waals surface area contributed by atoms with Gasteiger partial charge < -0.3 is 15.0 Å². The number of aromatic hydroxyl groups is 1. The van der Waals surface area contributed by atoms with Gasteiger partial charge in [-0.2, -0.15) is 0 Å². The number of aromatic nitrogens is 1. The Bertz CT molecular complexity index is 1040. The number of aryl methyl sites for hydroxylation is 1. The topological polar surface area (TPSA) is 96.0 Å². The minimum absolute atomic E-state index is 0.0171. The summed E-state index contributed by atoms with van der Waals surface area (Å²) in [6.45, 7) is 3.66. The lowest BCUT2D eigenvalue weighted by molar-refractivity contribution is -0.124. The largest absolute Gasteiger partial charge is 0.493 e. The molecule has 1 heterocycles. The van der Waals surface area contributed by atoms with Gasteiger partial charge in [-0.25, -0.2) is 0 Å². The van der Waals surface area contributed by atoms with E-state index < -0.39 is 5.91 Å². The predicted molar refractivity (Wildman–Crippen MR) is 111 cm³/mol. The molecule has 0 spiro atoms. The summed E-state index contributed by atoms with van der Waals surface area (Å²) in [5.74, 6) is -0.847. The van der Waals surface area contributed by atoms with Gasteiger partial charge in [-0.1, -0.05) is 48.5 Å². The second kappa shape index (κ2) is 9.14. The van der Waals surface area contributed by atoms with Gasteiger partial charge in [0.05, 0.1) is 5.52 Å². The molecule has 29 heavy (non-hydrogen) atoms. The third kappa shape index (κ3) is 4.87. The highest BCUT2D eigenvalue weighted by Crippen LogP contribution is 2.40. The molecule has 0 aliphatic rings. The van der Waals surface area contributed by atoms with Crippen molar-refractivity contribution in [2.75, 3.05) is 6.54 Å². The van der Waals surface area contributed by atoms with Crippen LogP contribution < -0.4 is 5.32 Å². The summed E-state index contributed by atoms with van der Waals surface area (Å²) in [4.78, 5) is 23.9. The lowest BCUT2D eigenvalue weighted by Crippen LogP contribution is -2.28. The van der Waals surface area contributed by atoms with Gasteiger partial charge in [-0.3, -0.25) is 9.59 Å². The maximum Gasteiger partial charge on any atom is 0.283 e. The number of hydrogen-bond donors (Lipinski definition) is 2. The molecule has 0 saturated heterocycles. The monoisotopic (exact) mass is 392 g/mol. The third-order valence-corrected chi connectivity index (χ3v) is 4.56. The Morgan fingerprint density at radius 1 is 1.07 bits per heavy atom. The Hall–Kier alpha value is -3.48. The molecule has 150 valence electrons. The van der Waals surface area contributed by atoms with Gasteiger partial charge in [0.1, 0.15) is 6.54 Å². The number of rotatable bonds is 7. The van der Waals surface area contributed by atoms with Crippen LogP contribution in [0.25, 0.3) is 10.9 Å². The van der Waals surface area contributed by atoms with E-state index in [0.29, 0.717) is 11.8 Å². The number of fused-ring (bicyclic) bond motifs is 1. The molecule has 2 N–H and O–H groups in total. The minimum Gasteiger partial charge on any atom is -0.493 e. The summed E-state index contributed by atoms with van der Waals surface area (Å²) < 4.78 is 1.74. The Kier molecular flexibility index (Phi) is 6.39. The summed E-state index contributed by atoms with van der Waals surface area (Å²) >= 11 is 0. The first-order valence-electron chi connectivity index (χ1n) is 9.54. The lowest BCUT2D eigenvalue weighted by atomic mass is 10.1. The van der Waals surface area contributed by atoms with E-state index in [9.17, 15) is 14.7 Å². The zero-order chi connectivity index (χ0) is 20.8. The minimum atomic E-state index is -0.584. The van der Waals surface area contributed by atoms with Gasteiger partial charge in [0.25, 0.3) is 5.91 Å². The van der Waals surface area contributed by atoms with Crippen molar-refractivity contribution in [1.29, 1.82) is 0 Å². The number of carbonyl (C=O) groups is 2. The van der Waals surface area contributed by atoms with Crippen LogP contribution in [0.15, 0.2) is 64.8 Å². The normalized spacial score (nSPS) is 11.4. The zero-order valence-electron chi connectivity index (χ0n) is 16.5. The molecule has 7 heteroatoms. The van der Waals surface area contributed by atoms with E-state index >= 15 is 0 Å². The standard InChI is InChI=1S/C22H24N4O3/c1-15(2)26-18-11-7-6-10-17(18)21(22(26)29)25-24-20(28)14-23-19(27)13-12-16-8-4-3-5-9-16/h3-11,15,29H,12-14H2,1-2H3,(H,23,27). The van der Waals surface area contributed by atoms with Crippen LogP contribution in [-0.4, -0.2) is 28.0 Å². The number of nitrogens with zero attached hydrogens (tertiary/aromatic N) is 3. The smallest absolute Gasteiger partial charge is 0.283 e. The number of para-hydroxylation sites is 1. The Morgan fingerprint density at radius 3 is 2.48 bits per heavy atom. The molecule has 0 saturated carbocycles. The fraction of sp³-hybridized carbons (Fsp3) is 0.273. The number of nitrogens with one attached hydrogen (secondary N) is 1. The molecule has 0 aliphatic carbocycles. The second-order valence-electron chi connectivity index (χ2n) is 7.01. The quantitative estimate of drug-likeness (QED) is 0.587. The van der Waals surface area contributed by atoms with Crippen molar-refractivity contribution >= 4 is 28.4 Å². The second-order valence-corrected chi connectivity index (χ2v) is 7.01. The van der Waals surface area contributed by atoms with Gasteiger partial charge in [0.2, 0.25) is 11.8 Å². The van der Waals surface area contributed by atoms with Crippen molar-refractivity contribution in [2.24, 2.45) is 10.2 Å². The van der Waals surface area contributed by atoms with Crippen LogP contribution >= 0.6 is 0 Å². The van der Waals surface area contributed by atoms with E-state index in [1.807, 2.05) is 68.4 Å². The van der Waals surface area contributed by atoms with Crippen molar-refractivity contribution in [2.45, 2.75) is 32.7 Å². The molecule has 0 unspecified atom stereocenters. The van der Waals surface area contributed by atoms with Gasteiger partial charge in [0, 0.05) is 17.8 Å². The number of amides is 2. The highest BCUT2D eigenvalue weighted by Gasteiger charge is 2.18. The lowest BCUT2D eigenvalue weighted by Gasteiger charge is -2.10. The molecule has 0 bridgehead atoms. The third-order valence-electron chi connectivity index (χ3n) is 4.56. The summed E-state index contributed by atoms with van der Waals surface area (Å²) in [5, 5.41) is 21.4. The summed E-state index contributed by atoms with van der Waals surface area (Å²) in [7, 11) is 0. The molecule has 0 atom stereocenters. The summed E-state index contributed by atoms with van der Waals surface area (Å²) in [6, 6.07) is 17.1. The van der Waals surface area contributed by atoms with Gasteiger partial charge >= 0.3 is 0 Å². The van der Waals surface area contributed by atoms with Crippen LogP contribution in [-0.2, 0) is 16.0 Å². The van der Waals surface area contributed by atoms with Crippen molar-refractivity contribution in [3.8, 4) is 5.88 Å². The summed E-state index contributed by atoms with van der Waals surface area (Å²) in [6.07, 6.45) is 0.891. The van der Waals surface area contributed by atoms with Crippen molar-refractivity contribution < 1.29 is 14.7 Å². The Balaban J connectivity index is 1.61. The maximum atomic E-state index is 12.0. The first-order chi connectivity index (χ1) is 14.0. The van der Waals surface area contributed by atoms with Crippen LogP contribution in [0, 0.1) is 0 Å². The predicted octanol–water partition coefficient (Wildman–Crippen LogP) is 4.29. The Labute approximate surface area is 169 Å². The SMILES string of the molecule is CC(C)n1c(O)c(N=NC(=O)CNC(=O)CCc2ccccc2)c2ccccc21. The van der Waals surface area contributed by atoms with Gasteiger partial charge in [0.15, 0.2) is 5.69 Å². The molecule has 3 aromatic rings. The molecular formula is C22H24N4O3. The zero-order valence-corrected chi connectivity index (χ0v) is 16.5.